The quantitative estimate of drug-likeness (QED) is 0.810. The highest BCUT2D eigenvalue weighted by atomic mass is 79.9. The first-order valence-corrected chi connectivity index (χ1v) is 4.34. The van der Waals surface area contributed by atoms with Gasteiger partial charge in [0.05, 0.1) is 11.6 Å². The van der Waals surface area contributed by atoms with E-state index in [0.29, 0.717) is 6.54 Å². The van der Waals surface area contributed by atoms with E-state index in [-0.39, 0.29) is 0 Å². The third-order valence-corrected chi connectivity index (χ3v) is 2.46. The van der Waals surface area contributed by atoms with E-state index in [0.717, 1.165) is 21.0 Å². The zero-order valence-electron chi connectivity index (χ0n) is 6.25. The molecule has 62 valence electrons. The van der Waals surface area contributed by atoms with Gasteiger partial charge in [-0.2, -0.15) is 0 Å². The van der Waals surface area contributed by atoms with Gasteiger partial charge in [-0.15, -0.1) is 0 Å². The molecule has 1 heterocycles. The fourth-order valence-corrected chi connectivity index (χ4v) is 1.56. The number of hydrogen-bond donors (Lipinski definition) is 1. The molecule has 0 aliphatic heterocycles. The number of hydrogen-bond acceptors (Lipinski definition) is 3. The zero-order valence-corrected chi connectivity index (χ0v) is 7.84. The van der Waals surface area contributed by atoms with Crippen molar-refractivity contribution in [2.75, 3.05) is 0 Å². The van der Waals surface area contributed by atoms with Crippen molar-refractivity contribution < 1.29 is 4.52 Å². The SMILES string of the molecule is NCc1ccc(Br)c2cnoc12. The first kappa shape index (κ1) is 7.76. The number of halogens is 1. The van der Waals surface area contributed by atoms with E-state index in [4.69, 9.17) is 10.3 Å². The average Bonchev–Trinajstić information content (AvgIpc) is 2.54. The molecule has 2 rings (SSSR count). The van der Waals surface area contributed by atoms with Gasteiger partial charge in [0.2, 0.25) is 0 Å². The van der Waals surface area contributed by atoms with Gasteiger partial charge in [0.15, 0.2) is 5.58 Å². The lowest BCUT2D eigenvalue weighted by atomic mass is 10.2. The molecule has 0 aliphatic carbocycles. The van der Waals surface area contributed by atoms with Crippen LogP contribution in [0.1, 0.15) is 5.56 Å². The van der Waals surface area contributed by atoms with Gasteiger partial charge in [-0.3, -0.25) is 0 Å². The van der Waals surface area contributed by atoms with Gasteiger partial charge < -0.3 is 10.3 Å². The van der Waals surface area contributed by atoms with Crippen molar-refractivity contribution in [1.82, 2.24) is 5.16 Å². The second-order valence-electron chi connectivity index (χ2n) is 2.48. The van der Waals surface area contributed by atoms with Crippen molar-refractivity contribution in [3.63, 3.8) is 0 Å². The number of fused-ring (bicyclic) bond motifs is 1. The summed E-state index contributed by atoms with van der Waals surface area (Å²) in [5, 5.41) is 4.68. The third kappa shape index (κ3) is 1.04. The van der Waals surface area contributed by atoms with Gasteiger partial charge in [0.25, 0.3) is 0 Å². The standard InChI is InChI=1S/C8H7BrN2O/c9-7-2-1-5(3-10)8-6(7)4-11-12-8/h1-2,4H,3,10H2. The molecule has 4 heteroatoms. The molecule has 1 aromatic carbocycles. The van der Waals surface area contributed by atoms with Crippen LogP contribution in [-0.4, -0.2) is 5.16 Å². The second kappa shape index (κ2) is 2.88. The largest absolute Gasteiger partial charge is 0.356 e. The molecule has 0 saturated heterocycles. The monoisotopic (exact) mass is 226 g/mol. The summed E-state index contributed by atoms with van der Waals surface area (Å²) >= 11 is 3.40. The molecule has 0 spiro atoms. The molecule has 2 aromatic rings. The Labute approximate surface area is 77.7 Å². The summed E-state index contributed by atoms with van der Waals surface area (Å²) in [6.07, 6.45) is 1.68. The first-order chi connectivity index (χ1) is 5.83. The maximum atomic E-state index is 5.52. The van der Waals surface area contributed by atoms with E-state index in [9.17, 15) is 0 Å². The average molecular weight is 227 g/mol. The summed E-state index contributed by atoms with van der Waals surface area (Å²) in [4.78, 5) is 0. The van der Waals surface area contributed by atoms with E-state index in [1.807, 2.05) is 12.1 Å². The lowest BCUT2D eigenvalue weighted by molar-refractivity contribution is 0.454. The highest BCUT2D eigenvalue weighted by molar-refractivity contribution is 9.10. The normalized spacial score (nSPS) is 10.8. The summed E-state index contributed by atoms with van der Waals surface area (Å²) in [6.45, 7) is 0.471. The lowest BCUT2D eigenvalue weighted by Crippen LogP contribution is -1.95. The molecule has 1 aromatic heterocycles. The molecule has 2 N–H and O–H groups in total. The van der Waals surface area contributed by atoms with Crippen molar-refractivity contribution in [2.24, 2.45) is 5.73 Å². The van der Waals surface area contributed by atoms with Gasteiger partial charge in [-0.25, -0.2) is 0 Å². The minimum Gasteiger partial charge on any atom is -0.356 e. The Morgan fingerprint density at radius 1 is 1.50 bits per heavy atom. The molecule has 0 bridgehead atoms. The highest BCUT2D eigenvalue weighted by Gasteiger charge is 2.06. The Morgan fingerprint density at radius 3 is 3.08 bits per heavy atom. The number of nitrogens with zero attached hydrogens (tertiary/aromatic N) is 1. The van der Waals surface area contributed by atoms with E-state index in [2.05, 4.69) is 21.1 Å². The molecule has 0 aliphatic rings. The van der Waals surface area contributed by atoms with Crippen molar-refractivity contribution in [1.29, 1.82) is 0 Å². The number of benzene rings is 1. The van der Waals surface area contributed by atoms with Gasteiger partial charge in [-0.1, -0.05) is 11.2 Å². The van der Waals surface area contributed by atoms with Crippen LogP contribution >= 0.6 is 15.9 Å². The van der Waals surface area contributed by atoms with E-state index < -0.39 is 0 Å². The fraction of sp³-hybridized carbons (Fsp3) is 0.125. The zero-order chi connectivity index (χ0) is 8.55. The Bertz CT molecular complexity index is 410. The predicted molar refractivity (Wildman–Crippen MR) is 49.6 cm³/mol. The smallest absolute Gasteiger partial charge is 0.172 e. The molecular weight excluding hydrogens is 220 g/mol. The second-order valence-corrected chi connectivity index (χ2v) is 3.33. The van der Waals surface area contributed by atoms with Crippen LogP contribution in [0.4, 0.5) is 0 Å². The number of rotatable bonds is 1. The Hall–Kier alpha value is -0.870. The molecule has 0 saturated carbocycles. The topological polar surface area (TPSA) is 52.0 Å². The van der Waals surface area contributed by atoms with Gasteiger partial charge >= 0.3 is 0 Å². The molecule has 12 heavy (non-hydrogen) atoms. The van der Waals surface area contributed by atoms with Crippen molar-refractivity contribution in [2.45, 2.75) is 6.54 Å². The van der Waals surface area contributed by atoms with E-state index in [1.54, 1.807) is 6.20 Å². The summed E-state index contributed by atoms with van der Waals surface area (Å²) in [7, 11) is 0. The summed E-state index contributed by atoms with van der Waals surface area (Å²) in [5.41, 5.74) is 7.27. The van der Waals surface area contributed by atoms with Crippen LogP contribution in [-0.2, 0) is 6.54 Å². The Morgan fingerprint density at radius 2 is 2.33 bits per heavy atom. The lowest BCUT2D eigenvalue weighted by Gasteiger charge is -1.97. The predicted octanol–water partition coefficient (Wildman–Crippen LogP) is 2.05. The Kier molecular flexibility index (Phi) is 1.86. The molecule has 0 radical (unpaired) electrons. The van der Waals surface area contributed by atoms with Crippen LogP contribution < -0.4 is 5.73 Å². The molecule has 0 fully saturated rings. The fourth-order valence-electron chi connectivity index (χ4n) is 1.14. The van der Waals surface area contributed by atoms with Gasteiger partial charge in [-0.05, 0) is 22.0 Å². The van der Waals surface area contributed by atoms with Crippen LogP contribution in [0.3, 0.4) is 0 Å². The maximum absolute atomic E-state index is 5.52. The summed E-state index contributed by atoms with van der Waals surface area (Å²) < 4.78 is 6.04. The summed E-state index contributed by atoms with van der Waals surface area (Å²) in [6, 6.07) is 3.87. The maximum Gasteiger partial charge on any atom is 0.172 e. The van der Waals surface area contributed by atoms with Crippen LogP contribution in [0, 0.1) is 0 Å². The first-order valence-electron chi connectivity index (χ1n) is 3.55. The van der Waals surface area contributed by atoms with Crippen LogP contribution in [0.25, 0.3) is 11.0 Å². The molecule has 0 amide bonds. The minimum absolute atomic E-state index is 0.471. The minimum atomic E-state index is 0.471. The molecule has 3 nitrogen and oxygen atoms in total. The van der Waals surface area contributed by atoms with Crippen molar-refractivity contribution in [3.8, 4) is 0 Å². The Balaban J connectivity index is 2.82. The van der Waals surface area contributed by atoms with Crippen LogP contribution in [0.2, 0.25) is 0 Å². The molecular formula is C8H7BrN2O. The van der Waals surface area contributed by atoms with E-state index >= 15 is 0 Å². The molecule has 0 atom stereocenters. The summed E-state index contributed by atoms with van der Waals surface area (Å²) in [5.74, 6) is 0. The van der Waals surface area contributed by atoms with Crippen molar-refractivity contribution >= 4 is 26.9 Å². The van der Waals surface area contributed by atoms with Crippen molar-refractivity contribution in [3.05, 3.63) is 28.4 Å². The number of nitrogens with two attached hydrogens (primary N) is 1. The van der Waals surface area contributed by atoms with Gasteiger partial charge in [0, 0.05) is 16.6 Å². The van der Waals surface area contributed by atoms with Crippen LogP contribution in [0.15, 0.2) is 27.3 Å². The molecule has 0 unspecified atom stereocenters. The van der Waals surface area contributed by atoms with E-state index in [1.165, 1.54) is 0 Å². The number of aromatic nitrogens is 1. The third-order valence-electron chi connectivity index (χ3n) is 1.77. The van der Waals surface area contributed by atoms with Crippen LogP contribution in [0.5, 0.6) is 0 Å². The highest BCUT2D eigenvalue weighted by Crippen LogP contribution is 2.26. The van der Waals surface area contributed by atoms with Gasteiger partial charge in [0.1, 0.15) is 0 Å².